The SMILES string of the molecule is CO[C@H]1O[C@H](C)[C@@H](NC=O)C(O)C1O[C@H]1OC(C)[C@@H](NC=O)[C@H](O[C@H]2O[C@H](C)[C@@H](NC=O)C(O)C2O[C@H](C=O)OC(C)[C@H](C=O)NC=O)C1O. The molecule has 0 spiro atoms. The van der Waals surface area contributed by atoms with E-state index in [0.29, 0.717) is 25.5 Å². The molecule has 7 N–H and O–H groups in total. The summed E-state index contributed by atoms with van der Waals surface area (Å²) in [6.07, 6.45) is -17.3. The first kappa shape index (κ1) is 41.2. The molecule has 3 aliphatic heterocycles. The molecule has 0 radical (unpaired) electrons. The lowest BCUT2D eigenvalue weighted by molar-refractivity contribution is -0.367. The van der Waals surface area contributed by atoms with Gasteiger partial charge in [-0.15, -0.1) is 0 Å². The summed E-state index contributed by atoms with van der Waals surface area (Å²) in [5, 5.41) is 43.6. The van der Waals surface area contributed by atoms with Gasteiger partial charge >= 0.3 is 0 Å². The van der Waals surface area contributed by atoms with Crippen molar-refractivity contribution in [1.82, 2.24) is 21.3 Å². The van der Waals surface area contributed by atoms with Crippen molar-refractivity contribution in [2.24, 2.45) is 0 Å². The first-order valence-electron chi connectivity index (χ1n) is 15.8. The third-order valence-electron chi connectivity index (χ3n) is 8.74. The second-order valence-electron chi connectivity index (χ2n) is 11.9. The highest BCUT2D eigenvalue weighted by Gasteiger charge is 2.54. The molecule has 0 aromatic carbocycles. The van der Waals surface area contributed by atoms with E-state index < -0.39 is 110 Å². The largest absolute Gasteiger partial charge is 0.388 e. The number of hydrogen-bond donors (Lipinski definition) is 7. The number of rotatable bonds is 20. The Hall–Kier alpha value is -3.22. The first-order chi connectivity index (χ1) is 23.9. The third kappa shape index (κ3) is 9.55. The molecule has 50 heavy (non-hydrogen) atoms. The summed E-state index contributed by atoms with van der Waals surface area (Å²) < 4.78 is 46.3. The number of amides is 4. The zero-order valence-electron chi connectivity index (χ0n) is 27.9. The summed E-state index contributed by atoms with van der Waals surface area (Å²) in [5.74, 6) is 0. The van der Waals surface area contributed by atoms with Crippen molar-refractivity contribution in [3.8, 4) is 0 Å². The zero-order valence-corrected chi connectivity index (χ0v) is 27.9. The normalized spacial score (nSPS) is 40.6. The molecule has 7 unspecified atom stereocenters. The van der Waals surface area contributed by atoms with Crippen LogP contribution in [0.3, 0.4) is 0 Å². The summed E-state index contributed by atoms with van der Waals surface area (Å²) in [6, 6.07) is -4.31. The van der Waals surface area contributed by atoms with Gasteiger partial charge in [0.15, 0.2) is 25.2 Å². The highest BCUT2D eigenvalue weighted by Crippen LogP contribution is 2.33. The van der Waals surface area contributed by atoms with E-state index in [1.54, 1.807) is 6.92 Å². The molecule has 0 saturated carbocycles. The predicted molar refractivity (Wildman–Crippen MR) is 161 cm³/mol. The molecular formula is C29H46N4O17. The van der Waals surface area contributed by atoms with E-state index in [4.69, 9.17) is 37.9 Å². The summed E-state index contributed by atoms with van der Waals surface area (Å²) in [5.41, 5.74) is 0. The Morgan fingerprint density at radius 2 is 1.12 bits per heavy atom. The molecular weight excluding hydrogens is 676 g/mol. The second-order valence-corrected chi connectivity index (χ2v) is 11.9. The minimum Gasteiger partial charge on any atom is -0.388 e. The molecule has 3 rings (SSSR count). The van der Waals surface area contributed by atoms with Gasteiger partial charge in [-0.3, -0.25) is 24.0 Å². The Balaban J connectivity index is 1.92. The molecule has 18 atom stereocenters. The Bertz CT molecular complexity index is 1130. The number of methoxy groups -OCH3 is 1. The summed E-state index contributed by atoms with van der Waals surface area (Å²) in [7, 11) is 1.29. The van der Waals surface area contributed by atoms with Gasteiger partial charge < -0.3 is 79.3 Å². The van der Waals surface area contributed by atoms with Crippen LogP contribution in [-0.4, -0.2) is 171 Å². The van der Waals surface area contributed by atoms with Gasteiger partial charge in [0.2, 0.25) is 31.9 Å². The molecule has 0 aromatic heterocycles. The lowest BCUT2D eigenvalue weighted by Crippen LogP contribution is -2.69. The molecule has 0 bridgehead atoms. The standard InChI is InChI=1S/C29H46N4O17/c1-12(16(6-34)30-8-36)44-17(7-35)48-26-22(41)19(32-10-38)14(3)47-29(26)49-24-20(33-11-39)15(4)45-27(23(24)42)50-25-21(40)18(31-9-37)13(2)46-28(25)43-5/h6-29,40-42H,1-5H3,(H,30,36)(H,31,37)(H,32,38)(H,33,39)/t12?,13-,14-,15?,16+,17-,18-,19-,20-,21?,22?,23?,24+,25?,26?,27-,28+,29-/m1/s1. The molecule has 3 heterocycles. The van der Waals surface area contributed by atoms with Crippen molar-refractivity contribution in [2.45, 2.75) is 138 Å². The number of aliphatic hydroxyl groups is 3. The van der Waals surface area contributed by atoms with Gasteiger partial charge in [-0.25, -0.2) is 0 Å². The number of carbonyl (C=O) groups excluding carboxylic acids is 6. The lowest BCUT2D eigenvalue weighted by atomic mass is 9.94. The van der Waals surface area contributed by atoms with Crippen molar-refractivity contribution < 1.29 is 82.0 Å². The minimum absolute atomic E-state index is 0.201. The first-order valence-corrected chi connectivity index (χ1v) is 15.8. The fraction of sp³-hybridized carbons (Fsp3) is 0.793. The van der Waals surface area contributed by atoms with Crippen LogP contribution in [0.2, 0.25) is 0 Å². The highest BCUT2D eigenvalue weighted by molar-refractivity contribution is 5.64. The van der Waals surface area contributed by atoms with Crippen LogP contribution in [0.1, 0.15) is 27.7 Å². The quantitative estimate of drug-likeness (QED) is 0.0456. The van der Waals surface area contributed by atoms with E-state index in [-0.39, 0.29) is 12.7 Å². The van der Waals surface area contributed by atoms with Crippen LogP contribution < -0.4 is 21.3 Å². The Morgan fingerprint density at radius 3 is 1.64 bits per heavy atom. The molecule has 3 saturated heterocycles. The average molecular weight is 723 g/mol. The molecule has 3 fully saturated rings. The van der Waals surface area contributed by atoms with Crippen LogP contribution in [0.25, 0.3) is 0 Å². The topological polar surface area (TPSA) is 285 Å². The number of ether oxygens (including phenoxy) is 8. The van der Waals surface area contributed by atoms with Gasteiger partial charge in [-0.05, 0) is 27.7 Å². The van der Waals surface area contributed by atoms with E-state index in [1.807, 2.05) is 0 Å². The van der Waals surface area contributed by atoms with E-state index in [1.165, 1.54) is 27.9 Å². The molecule has 4 amide bonds. The van der Waals surface area contributed by atoms with Crippen LogP contribution in [-0.2, 0) is 66.7 Å². The van der Waals surface area contributed by atoms with Crippen molar-refractivity contribution in [1.29, 1.82) is 0 Å². The van der Waals surface area contributed by atoms with Crippen molar-refractivity contribution in [3.05, 3.63) is 0 Å². The van der Waals surface area contributed by atoms with Gasteiger partial charge in [-0.2, -0.15) is 0 Å². The fourth-order valence-electron chi connectivity index (χ4n) is 6.07. The van der Waals surface area contributed by atoms with Crippen LogP contribution in [0.4, 0.5) is 0 Å². The minimum atomic E-state index is -1.78. The molecule has 0 aliphatic carbocycles. The fourth-order valence-corrected chi connectivity index (χ4v) is 6.07. The number of aldehydes is 2. The van der Waals surface area contributed by atoms with Gasteiger partial charge in [0.1, 0.15) is 49.0 Å². The maximum Gasteiger partial charge on any atom is 0.215 e. The Morgan fingerprint density at radius 1 is 0.620 bits per heavy atom. The molecule has 3 aliphatic rings. The van der Waals surface area contributed by atoms with Gasteiger partial charge in [0, 0.05) is 7.11 Å². The van der Waals surface area contributed by atoms with Gasteiger partial charge in [0.25, 0.3) is 0 Å². The van der Waals surface area contributed by atoms with Gasteiger partial charge in [-0.1, -0.05) is 0 Å². The van der Waals surface area contributed by atoms with Crippen LogP contribution in [0.15, 0.2) is 0 Å². The number of hydrogen-bond acceptors (Lipinski definition) is 17. The number of carbonyl (C=O) groups is 6. The van der Waals surface area contributed by atoms with E-state index in [2.05, 4.69) is 21.3 Å². The Labute approximate surface area is 286 Å². The maximum absolute atomic E-state index is 12.0. The summed E-state index contributed by atoms with van der Waals surface area (Å²) >= 11 is 0. The van der Waals surface area contributed by atoms with Crippen molar-refractivity contribution in [3.63, 3.8) is 0 Å². The smallest absolute Gasteiger partial charge is 0.215 e. The van der Waals surface area contributed by atoms with Crippen LogP contribution in [0.5, 0.6) is 0 Å². The predicted octanol–water partition coefficient (Wildman–Crippen LogP) is -5.31. The van der Waals surface area contributed by atoms with Crippen molar-refractivity contribution in [2.75, 3.05) is 7.11 Å². The van der Waals surface area contributed by atoms with Crippen LogP contribution >= 0.6 is 0 Å². The summed E-state index contributed by atoms with van der Waals surface area (Å²) in [4.78, 5) is 68.5. The van der Waals surface area contributed by atoms with Crippen molar-refractivity contribution >= 4 is 38.2 Å². The monoisotopic (exact) mass is 722 g/mol. The van der Waals surface area contributed by atoms with E-state index in [9.17, 15) is 44.1 Å². The molecule has 284 valence electrons. The Kier molecular flexibility index (Phi) is 16.0. The molecule has 21 nitrogen and oxygen atoms in total. The third-order valence-corrected chi connectivity index (χ3v) is 8.74. The highest BCUT2D eigenvalue weighted by atomic mass is 16.8. The molecule has 21 heteroatoms. The molecule has 0 aromatic rings. The maximum atomic E-state index is 12.0. The average Bonchev–Trinajstić information content (AvgIpc) is 3.09. The van der Waals surface area contributed by atoms with Crippen LogP contribution in [0, 0.1) is 0 Å². The summed E-state index contributed by atoms with van der Waals surface area (Å²) in [6.45, 7) is 5.97. The lowest BCUT2D eigenvalue weighted by Gasteiger charge is -2.49. The second kappa shape index (κ2) is 19.4. The zero-order chi connectivity index (χ0) is 37.1. The number of aliphatic hydroxyl groups excluding tert-OH is 3. The van der Waals surface area contributed by atoms with Gasteiger partial charge in [0.05, 0.1) is 42.5 Å². The van der Waals surface area contributed by atoms with E-state index >= 15 is 0 Å². The van der Waals surface area contributed by atoms with E-state index in [0.717, 1.165) is 0 Å². The number of nitrogens with one attached hydrogen (secondary N) is 4.